The molecular formula is C14H13BrN4O. The average molecular weight is 333 g/mol. The summed E-state index contributed by atoms with van der Waals surface area (Å²) in [6.45, 7) is 0.473. The molecule has 0 aliphatic carbocycles. The van der Waals surface area contributed by atoms with Crippen LogP contribution in [0.4, 0.5) is 5.95 Å². The number of anilines is 1. The molecule has 0 saturated carbocycles. The van der Waals surface area contributed by atoms with Crippen molar-refractivity contribution in [3.63, 3.8) is 0 Å². The SMILES string of the molecule is NC1CC(=O)N(c2nccc(-c3cccc(Br)c3)n2)C1. The van der Waals surface area contributed by atoms with E-state index in [1.165, 1.54) is 0 Å². The minimum Gasteiger partial charge on any atom is -0.326 e. The van der Waals surface area contributed by atoms with Gasteiger partial charge in [-0.3, -0.25) is 9.69 Å². The van der Waals surface area contributed by atoms with E-state index >= 15 is 0 Å². The first-order valence-electron chi connectivity index (χ1n) is 6.28. The third-order valence-electron chi connectivity index (χ3n) is 3.16. The highest BCUT2D eigenvalue weighted by Crippen LogP contribution is 2.23. The number of nitrogens with zero attached hydrogens (tertiary/aromatic N) is 3. The molecule has 1 unspecified atom stereocenters. The van der Waals surface area contributed by atoms with Gasteiger partial charge < -0.3 is 5.73 Å². The van der Waals surface area contributed by atoms with Crippen LogP contribution in [0, 0.1) is 0 Å². The molecule has 2 N–H and O–H groups in total. The third-order valence-corrected chi connectivity index (χ3v) is 3.65. The second-order valence-electron chi connectivity index (χ2n) is 4.72. The number of hydrogen-bond donors (Lipinski definition) is 1. The van der Waals surface area contributed by atoms with Crippen molar-refractivity contribution < 1.29 is 4.79 Å². The Balaban J connectivity index is 1.96. The topological polar surface area (TPSA) is 72.1 Å². The molecule has 2 heterocycles. The van der Waals surface area contributed by atoms with E-state index in [0.717, 1.165) is 15.7 Å². The average Bonchev–Trinajstić information content (AvgIpc) is 2.78. The lowest BCUT2D eigenvalue weighted by Crippen LogP contribution is -2.29. The fourth-order valence-corrected chi connectivity index (χ4v) is 2.61. The van der Waals surface area contributed by atoms with Crippen LogP contribution in [-0.2, 0) is 4.79 Å². The highest BCUT2D eigenvalue weighted by Gasteiger charge is 2.29. The van der Waals surface area contributed by atoms with E-state index in [1.54, 1.807) is 11.1 Å². The summed E-state index contributed by atoms with van der Waals surface area (Å²) in [5, 5.41) is 0. The predicted molar refractivity (Wildman–Crippen MR) is 80.1 cm³/mol. The number of aromatic nitrogens is 2. The van der Waals surface area contributed by atoms with Crippen LogP contribution in [-0.4, -0.2) is 28.5 Å². The van der Waals surface area contributed by atoms with E-state index in [4.69, 9.17) is 5.73 Å². The molecule has 2 aromatic rings. The van der Waals surface area contributed by atoms with E-state index in [9.17, 15) is 4.79 Å². The lowest BCUT2D eigenvalue weighted by molar-refractivity contribution is -0.117. The molecule has 6 heteroatoms. The number of carbonyl (C=O) groups excluding carboxylic acids is 1. The van der Waals surface area contributed by atoms with Gasteiger partial charge in [0.1, 0.15) is 0 Å². The first-order valence-corrected chi connectivity index (χ1v) is 7.08. The quantitative estimate of drug-likeness (QED) is 0.912. The second-order valence-corrected chi connectivity index (χ2v) is 5.64. The van der Waals surface area contributed by atoms with Gasteiger partial charge >= 0.3 is 0 Å². The van der Waals surface area contributed by atoms with Crippen LogP contribution in [0.1, 0.15) is 6.42 Å². The summed E-state index contributed by atoms with van der Waals surface area (Å²) in [6.07, 6.45) is 2.01. The van der Waals surface area contributed by atoms with Crippen LogP contribution in [0.5, 0.6) is 0 Å². The van der Waals surface area contributed by atoms with Crippen molar-refractivity contribution in [3.8, 4) is 11.3 Å². The molecule has 20 heavy (non-hydrogen) atoms. The lowest BCUT2D eigenvalue weighted by Gasteiger charge is -2.14. The maximum atomic E-state index is 11.8. The fraction of sp³-hybridized carbons (Fsp3) is 0.214. The Morgan fingerprint density at radius 3 is 2.90 bits per heavy atom. The number of nitrogens with two attached hydrogens (primary N) is 1. The monoisotopic (exact) mass is 332 g/mol. The van der Waals surface area contributed by atoms with Crippen molar-refractivity contribution in [2.45, 2.75) is 12.5 Å². The molecule has 3 rings (SSSR count). The normalized spacial score (nSPS) is 18.6. The maximum absolute atomic E-state index is 11.8. The van der Waals surface area contributed by atoms with Crippen molar-refractivity contribution in [2.75, 3.05) is 11.4 Å². The smallest absolute Gasteiger partial charge is 0.232 e. The van der Waals surface area contributed by atoms with Gasteiger partial charge in [-0.15, -0.1) is 0 Å². The summed E-state index contributed by atoms with van der Waals surface area (Å²) in [5.74, 6) is 0.393. The minimum atomic E-state index is -0.138. The Labute approximate surface area is 125 Å². The Hall–Kier alpha value is -1.79. The van der Waals surface area contributed by atoms with Crippen molar-refractivity contribution in [1.29, 1.82) is 0 Å². The molecule has 1 aliphatic rings. The Morgan fingerprint density at radius 1 is 1.35 bits per heavy atom. The molecule has 1 amide bonds. The fourth-order valence-electron chi connectivity index (χ4n) is 2.22. The number of hydrogen-bond acceptors (Lipinski definition) is 4. The summed E-state index contributed by atoms with van der Waals surface area (Å²) in [6, 6.07) is 9.52. The van der Waals surface area contributed by atoms with E-state index in [-0.39, 0.29) is 11.9 Å². The minimum absolute atomic E-state index is 0.0242. The van der Waals surface area contributed by atoms with Gasteiger partial charge in [-0.1, -0.05) is 28.1 Å². The summed E-state index contributed by atoms with van der Waals surface area (Å²) in [4.78, 5) is 22.0. The van der Waals surface area contributed by atoms with Gasteiger partial charge in [0.05, 0.1) is 5.69 Å². The van der Waals surface area contributed by atoms with Crippen molar-refractivity contribution >= 4 is 27.8 Å². The molecule has 1 saturated heterocycles. The Kier molecular flexibility index (Phi) is 3.50. The number of halogens is 1. The summed E-state index contributed by atoms with van der Waals surface area (Å²) >= 11 is 3.44. The predicted octanol–water partition coefficient (Wildman–Crippen LogP) is 1.97. The highest BCUT2D eigenvalue weighted by atomic mass is 79.9. The summed E-state index contributed by atoms with van der Waals surface area (Å²) < 4.78 is 0.981. The summed E-state index contributed by atoms with van der Waals surface area (Å²) in [5.41, 5.74) is 7.55. The Bertz CT molecular complexity index is 661. The molecule has 1 aliphatic heterocycles. The molecule has 102 valence electrons. The van der Waals surface area contributed by atoms with Gasteiger partial charge in [0, 0.05) is 35.2 Å². The lowest BCUT2D eigenvalue weighted by atomic mass is 10.1. The molecular weight excluding hydrogens is 320 g/mol. The third kappa shape index (κ3) is 2.57. The van der Waals surface area contributed by atoms with Crippen LogP contribution >= 0.6 is 15.9 Å². The first kappa shape index (κ1) is 13.2. The van der Waals surface area contributed by atoms with Gasteiger partial charge in [-0.2, -0.15) is 0 Å². The number of amides is 1. The van der Waals surface area contributed by atoms with Gasteiger partial charge in [0.15, 0.2) is 0 Å². The van der Waals surface area contributed by atoms with Crippen LogP contribution in [0.3, 0.4) is 0 Å². The molecule has 0 bridgehead atoms. The molecule has 1 atom stereocenters. The van der Waals surface area contributed by atoms with Crippen molar-refractivity contribution in [1.82, 2.24) is 9.97 Å². The van der Waals surface area contributed by atoms with Crippen LogP contribution in [0.2, 0.25) is 0 Å². The zero-order chi connectivity index (χ0) is 14.1. The maximum Gasteiger partial charge on any atom is 0.232 e. The van der Waals surface area contributed by atoms with Crippen molar-refractivity contribution in [2.24, 2.45) is 5.73 Å². The Morgan fingerprint density at radius 2 is 2.20 bits per heavy atom. The number of carbonyl (C=O) groups is 1. The standard InChI is InChI=1S/C14H13BrN4O/c15-10-3-1-2-9(6-10)12-4-5-17-14(18-12)19-8-11(16)7-13(19)20/h1-6,11H,7-8,16H2. The van der Waals surface area contributed by atoms with Crippen LogP contribution in [0.15, 0.2) is 41.0 Å². The second kappa shape index (κ2) is 5.30. The van der Waals surface area contributed by atoms with Gasteiger partial charge in [0.2, 0.25) is 11.9 Å². The number of rotatable bonds is 2. The molecule has 0 radical (unpaired) electrons. The summed E-state index contributed by atoms with van der Waals surface area (Å²) in [7, 11) is 0. The first-order chi connectivity index (χ1) is 9.63. The van der Waals surface area contributed by atoms with E-state index in [1.807, 2.05) is 30.3 Å². The van der Waals surface area contributed by atoms with E-state index in [2.05, 4.69) is 25.9 Å². The molecule has 0 spiro atoms. The largest absolute Gasteiger partial charge is 0.326 e. The van der Waals surface area contributed by atoms with Gasteiger partial charge in [-0.25, -0.2) is 9.97 Å². The molecule has 5 nitrogen and oxygen atoms in total. The van der Waals surface area contributed by atoms with E-state index < -0.39 is 0 Å². The highest BCUT2D eigenvalue weighted by molar-refractivity contribution is 9.10. The zero-order valence-corrected chi connectivity index (χ0v) is 12.2. The zero-order valence-electron chi connectivity index (χ0n) is 10.7. The van der Waals surface area contributed by atoms with Crippen LogP contribution < -0.4 is 10.6 Å². The van der Waals surface area contributed by atoms with Crippen LogP contribution in [0.25, 0.3) is 11.3 Å². The van der Waals surface area contributed by atoms with Crippen molar-refractivity contribution in [3.05, 3.63) is 41.0 Å². The number of benzene rings is 1. The van der Waals surface area contributed by atoms with Gasteiger partial charge in [0.25, 0.3) is 0 Å². The molecule has 1 aromatic carbocycles. The van der Waals surface area contributed by atoms with E-state index in [0.29, 0.717) is 18.9 Å². The molecule has 1 fully saturated rings. The molecule has 1 aromatic heterocycles. The van der Waals surface area contributed by atoms with Gasteiger partial charge in [-0.05, 0) is 18.2 Å².